The number of hydrogen-bond acceptors (Lipinski definition) is 3. The lowest BCUT2D eigenvalue weighted by Crippen LogP contribution is -2.25. The van der Waals surface area contributed by atoms with E-state index in [4.69, 9.17) is 21.1 Å². The molecule has 19 heavy (non-hydrogen) atoms. The molecule has 1 N–H and O–H groups in total. The predicted molar refractivity (Wildman–Crippen MR) is 69.9 cm³/mol. The maximum atomic E-state index is 12.0. The fourth-order valence-electron chi connectivity index (χ4n) is 1.54. The van der Waals surface area contributed by atoms with Crippen molar-refractivity contribution in [3.8, 4) is 0 Å². The highest BCUT2D eigenvalue weighted by molar-refractivity contribution is 6.29. The number of carbonyl (C=O) groups is 2. The number of aromatic carboxylic acids is 1. The second-order valence-corrected chi connectivity index (χ2v) is 4.19. The van der Waals surface area contributed by atoms with Gasteiger partial charge in [0.2, 0.25) is 0 Å². The Balaban J connectivity index is 2.21. The number of amides is 1. The maximum Gasteiger partial charge on any atom is 0.335 e. The molecule has 0 aliphatic rings. The van der Waals surface area contributed by atoms with Crippen LogP contribution in [0.2, 0.25) is 5.22 Å². The molecule has 0 atom stereocenters. The molecule has 2 rings (SSSR count). The summed E-state index contributed by atoms with van der Waals surface area (Å²) in [5.41, 5.74) is 0.716. The van der Waals surface area contributed by atoms with Crippen molar-refractivity contribution in [2.75, 3.05) is 11.9 Å². The van der Waals surface area contributed by atoms with Gasteiger partial charge in [-0.3, -0.25) is 4.79 Å². The van der Waals surface area contributed by atoms with E-state index in [2.05, 4.69) is 0 Å². The van der Waals surface area contributed by atoms with Crippen molar-refractivity contribution in [2.24, 2.45) is 0 Å². The molecule has 0 spiro atoms. The first-order chi connectivity index (χ1) is 8.99. The number of rotatable bonds is 3. The monoisotopic (exact) mass is 279 g/mol. The molecule has 0 unspecified atom stereocenters. The van der Waals surface area contributed by atoms with Crippen LogP contribution >= 0.6 is 11.6 Å². The lowest BCUT2D eigenvalue weighted by atomic mass is 10.2. The summed E-state index contributed by atoms with van der Waals surface area (Å²) in [6.07, 6.45) is 0. The molecule has 5 nitrogen and oxygen atoms in total. The van der Waals surface area contributed by atoms with Gasteiger partial charge in [-0.1, -0.05) is 0 Å². The van der Waals surface area contributed by atoms with E-state index in [0.717, 1.165) is 0 Å². The largest absolute Gasteiger partial charge is 0.478 e. The third-order valence-electron chi connectivity index (χ3n) is 2.59. The predicted octanol–water partition coefficient (Wildman–Crippen LogP) is 2.91. The summed E-state index contributed by atoms with van der Waals surface area (Å²) in [5, 5.41) is 8.93. The van der Waals surface area contributed by atoms with Crippen LogP contribution in [0.5, 0.6) is 0 Å². The lowest BCUT2D eigenvalue weighted by molar-refractivity contribution is 0.0696. The third-order valence-corrected chi connectivity index (χ3v) is 2.79. The van der Waals surface area contributed by atoms with Crippen LogP contribution in [0.4, 0.5) is 5.69 Å². The summed E-state index contributed by atoms with van der Waals surface area (Å²) in [5.74, 6) is -1.26. The van der Waals surface area contributed by atoms with E-state index >= 15 is 0 Å². The molecule has 0 bridgehead atoms. The van der Waals surface area contributed by atoms with E-state index in [1.54, 1.807) is 19.2 Å². The van der Waals surface area contributed by atoms with Gasteiger partial charge in [0.15, 0.2) is 11.0 Å². The maximum absolute atomic E-state index is 12.0. The van der Waals surface area contributed by atoms with Gasteiger partial charge in [0, 0.05) is 12.7 Å². The van der Waals surface area contributed by atoms with Crippen molar-refractivity contribution >= 4 is 29.2 Å². The molecule has 6 heteroatoms. The molecule has 0 radical (unpaired) electrons. The fraction of sp³-hybridized carbons (Fsp3) is 0.0769. The smallest absolute Gasteiger partial charge is 0.335 e. The summed E-state index contributed by atoms with van der Waals surface area (Å²) in [6.45, 7) is 0. The van der Waals surface area contributed by atoms with Crippen LogP contribution in [0.15, 0.2) is 40.8 Å². The minimum Gasteiger partial charge on any atom is -0.478 e. The van der Waals surface area contributed by atoms with Crippen LogP contribution in [0.1, 0.15) is 20.9 Å². The van der Waals surface area contributed by atoms with Crippen LogP contribution in [0.25, 0.3) is 0 Å². The molecule has 0 aliphatic carbocycles. The van der Waals surface area contributed by atoms with E-state index < -0.39 is 5.97 Å². The molecule has 0 saturated heterocycles. The van der Waals surface area contributed by atoms with E-state index in [1.165, 1.54) is 29.2 Å². The molecule has 1 aromatic heterocycles. The zero-order valence-corrected chi connectivity index (χ0v) is 10.7. The molecule has 2 aromatic rings. The zero-order chi connectivity index (χ0) is 14.0. The van der Waals surface area contributed by atoms with Crippen molar-refractivity contribution in [3.63, 3.8) is 0 Å². The second kappa shape index (κ2) is 5.16. The van der Waals surface area contributed by atoms with E-state index in [1.807, 2.05) is 0 Å². The Labute approximate surface area is 114 Å². The van der Waals surface area contributed by atoms with Crippen LogP contribution in [0, 0.1) is 0 Å². The molecule has 1 amide bonds. The highest BCUT2D eigenvalue weighted by Gasteiger charge is 2.17. The molecule has 1 heterocycles. The number of benzene rings is 1. The molecule has 1 aromatic carbocycles. The summed E-state index contributed by atoms with van der Waals surface area (Å²) >= 11 is 5.61. The van der Waals surface area contributed by atoms with Crippen molar-refractivity contribution in [2.45, 2.75) is 0 Å². The van der Waals surface area contributed by atoms with Gasteiger partial charge in [-0.15, -0.1) is 0 Å². The summed E-state index contributed by atoms with van der Waals surface area (Å²) in [4.78, 5) is 24.1. The van der Waals surface area contributed by atoms with Crippen molar-refractivity contribution in [1.29, 1.82) is 0 Å². The summed E-state index contributed by atoms with van der Waals surface area (Å²) < 4.78 is 5.03. The van der Waals surface area contributed by atoms with Gasteiger partial charge in [0.05, 0.1) is 5.56 Å². The zero-order valence-electron chi connectivity index (χ0n) is 9.96. The number of carbonyl (C=O) groups excluding carboxylic acids is 1. The van der Waals surface area contributed by atoms with Crippen LogP contribution in [-0.4, -0.2) is 24.0 Å². The topological polar surface area (TPSA) is 70.8 Å². The van der Waals surface area contributed by atoms with Crippen molar-refractivity contribution in [3.05, 3.63) is 52.9 Å². The number of carboxylic acids is 1. The number of anilines is 1. The van der Waals surface area contributed by atoms with Gasteiger partial charge in [0.25, 0.3) is 5.91 Å². The van der Waals surface area contributed by atoms with Gasteiger partial charge in [-0.2, -0.15) is 0 Å². The van der Waals surface area contributed by atoms with Crippen molar-refractivity contribution in [1.82, 2.24) is 0 Å². The fourth-order valence-corrected chi connectivity index (χ4v) is 1.69. The Kier molecular flexibility index (Phi) is 3.57. The minimum atomic E-state index is -1.02. The van der Waals surface area contributed by atoms with E-state index in [-0.39, 0.29) is 22.5 Å². The van der Waals surface area contributed by atoms with Gasteiger partial charge in [0.1, 0.15) is 0 Å². The Morgan fingerprint density at radius 2 is 1.79 bits per heavy atom. The Hall–Kier alpha value is -2.27. The van der Waals surface area contributed by atoms with Crippen LogP contribution in [0.3, 0.4) is 0 Å². The summed E-state index contributed by atoms with van der Waals surface area (Å²) in [6, 6.07) is 8.91. The summed E-state index contributed by atoms with van der Waals surface area (Å²) in [7, 11) is 1.56. The lowest BCUT2D eigenvalue weighted by Gasteiger charge is -2.15. The van der Waals surface area contributed by atoms with Crippen molar-refractivity contribution < 1.29 is 19.1 Å². The molecule has 0 saturated carbocycles. The number of halogens is 1. The minimum absolute atomic E-state index is 0.120. The third kappa shape index (κ3) is 2.77. The Morgan fingerprint density at radius 1 is 1.16 bits per heavy atom. The standard InChI is InChI=1S/C13H10ClNO4/c1-15(12(16)10-6-7-11(14)19-10)9-4-2-8(3-5-9)13(17)18/h2-7H,1H3,(H,17,18). The highest BCUT2D eigenvalue weighted by Crippen LogP contribution is 2.19. The van der Waals surface area contributed by atoms with Gasteiger partial charge in [-0.05, 0) is 48.0 Å². The van der Waals surface area contributed by atoms with Gasteiger partial charge in [-0.25, -0.2) is 4.79 Å². The molecule has 0 aliphatic heterocycles. The van der Waals surface area contributed by atoms with E-state index in [0.29, 0.717) is 5.69 Å². The Morgan fingerprint density at radius 3 is 2.26 bits per heavy atom. The first-order valence-electron chi connectivity index (χ1n) is 5.36. The number of hydrogen-bond donors (Lipinski definition) is 1. The number of carboxylic acid groups (broad SMARTS) is 1. The quantitative estimate of drug-likeness (QED) is 0.938. The SMILES string of the molecule is CN(C(=O)c1ccc(Cl)o1)c1ccc(C(=O)O)cc1. The van der Waals surface area contributed by atoms with Gasteiger partial charge >= 0.3 is 5.97 Å². The average molecular weight is 280 g/mol. The highest BCUT2D eigenvalue weighted by atomic mass is 35.5. The molecule has 98 valence electrons. The van der Waals surface area contributed by atoms with E-state index in [9.17, 15) is 9.59 Å². The van der Waals surface area contributed by atoms with Gasteiger partial charge < -0.3 is 14.4 Å². The average Bonchev–Trinajstić information content (AvgIpc) is 2.84. The number of nitrogens with zero attached hydrogens (tertiary/aromatic N) is 1. The van der Waals surface area contributed by atoms with Crippen LogP contribution < -0.4 is 4.90 Å². The first-order valence-corrected chi connectivity index (χ1v) is 5.73. The first kappa shape index (κ1) is 13.2. The normalized spacial score (nSPS) is 10.2. The number of furan rings is 1. The molecular weight excluding hydrogens is 270 g/mol. The second-order valence-electron chi connectivity index (χ2n) is 3.82. The molecule has 0 fully saturated rings. The van der Waals surface area contributed by atoms with Crippen LogP contribution in [-0.2, 0) is 0 Å². The molecular formula is C13H10ClNO4. The Bertz CT molecular complexity index is 618.